The summed E-state index contributed by atoms with van der Waals surface area (Å²) >= 11 is 0. The van der Waals surface area contributed by atoms with E-state index in [-0.39, 0.29) is 0 Å². The number of nitrogens with zero attached hydrogens (tertiary/aromatic N) is 4. The van der Waals surface area contributed by atoms with Gasteiger partial charge in [0, 0.05) is 22.3 Å². The van der Waals surface area contributed by atoms with Crippen LogP contribution in [0, 0.1) is 12.1 Å². The van der Waals surface area contributed by atoms with Crippen LogP contribution < -0.4 is 4.74 Å². The number of hydrogen-bond donors (Lipinski definition) is 0. The van der Waals surface area contributed by atoms with E-state index in [2.05, 4.69) is 56.8 Å². The zero-order chi connectivity index (χ0) is 31.4. The second kappa shape index (κ2) is 12.3. The molecule has 2 aromatic heterocycles. The number of benzene rings is 5. The number of hydrogen-bond acceptors (Lipinski definition) is 7. The lowest BCUT2D eigenvalue weighted by atomic mass is 10.0. The van der Waals surface area contributed by atoms with Crippen molar-refractivity contribution in [1.29, 1.82) is 0 Å². The van der Waals surface area contributed by atoms with Crippen molar-refractivity contribution >= 4 is 0 Å². The Kier molecular flexibility index (Phi) is 7.27. The first-order valence-corrected chi connectivity index (χ1v) is 15.0. The van der Waals surface area contributed by atoms with Gasteiger partial charge in [-0.15, -0.1) is 20.4 Å². The van der Waals surface area contributed by atoms with Gasteiger partial charge in [-0.25, -0.2) is 0 Å². The molecule has 8 aromatic rings. The monoisotopic (exact) mass is 608 g/mol. The molecular weight excluding hydrogens is 584 g/mol. The highest BCUT2D eigenvalue weighted by atomic mass is 16.5. The molecule has 0 N–H and O–H groups in total. The molecule has 222 valence electrons. The van der Waals surface area contributed by atoms with Crippen LogP contribution in [0.15, 0.2) is 154 Å². The van der Waals surface area contributed by atoms with Crippen molar-refractivity contribution in [2.45, 2.75) is 0 Å². The Morgan fingerprint density at radius 2 is 0.723 bits per heavy atom. The van der Waals surface area contributed by atoms with Crippen LogP contribution in [0.1, 0.15) is 0 Å². The minimum Gasteiger partial charge on any atom is -0.457 e. The SMILES string of the molecule is c1c(-c2ccccc2)ccc(-c2nnc(-c3ccc(Oc4ccc(-c5nnc(-c6ccc(-c7ccccc7)cc6)o5)cc4)cc3)o2)c#1. The average molecular weight is 609 g/mol. The van der Waals surface area contributed by atoms with Gasteiger partial charge in [0.05, 0.1) is 5.56 Å². The minimum absolute atomic E-state index is 0.380. The molecule has 0 fully saturated rings. The number of rotatable bonds is 8. The molecule has 0 saturated heterocycles. The van der Waals surface area contributed by atoms with Gasteiger partial charge in [0.15, 0.2) is 0 Å². The van der Waals surface area contributed by atoms with Gasteiger partial charge in [-0.2, -0.15) is 0 Å². The smallest absolute Gasteiger partial charge is 0.256 e. The van der Waals surface area contributed by atoms with E-state index >= 15 is 0 Å². The Morgan fingerprint density at radius 3 is 1.23 bits per heavy atom. The fraction of sp³-hybridized carbons (Fsp3) is 0. The summed E-state index contributed by atoms with van der Waals surface area (Å²) in [4.78, 5) is 0. The molecule has 0 aliphatic rings. The van der Waals surface area contributed by atoms with Gasteiger partial charge < -0.3 is 13.6 Å². The summed E-state index contributed by atoms with van der Waals surface area (Å²) in [7, 11) is 0. The van der Waals surface area contributed by atoms with Crippen molar-refractivity contribution in [1.82, 2.24) is 20.4 Å². The second-order valence-corrected chi connectivity index (χ2v) is 10.7. The summed E-state index contributed by atoms with van der Waals surface area (Å²) in [6.07, 6.45) is 0. The molecule has 6 aromatic carbocycles. The molecular formula is C40H24N4O3. The molecule has 0 spiro atoms. The van der Waals surface area contributed by atoms with Crippen molar-refractivity contribution in [3.63, 3.8) is 0 Å². The van der Waals surface area contributed by atoms with E-state index in [0.717, 1.165) is 38.9 Å². The quantitative estimate of drug-likeness (QED) is 0.170. The maximum Gasteiger partial charge on any atom is 0.256 e. The molecule has 0 unspecified atom stereocenters. The summed E-state index contributed by atoms with van der Waals surface area (Å²) in [6, 6.07) is 53.5. The van der Waals surface area contributed by atoms with Crippen molar-refractivity contribution in [2.75, 3.05) is 0 Å². The third kappa shape index (κ3) is 5.99. The molecule has 0 atom stereocenters. The van der Waals surface area contributed by atoms with Crippen molar-refractivity contribution in [3.05, 3.63) is 158 Å². The Bertz CT molecular complexity index is 2060. The van der Waals surface area contributed by atoms with E-state index in [9.17, 15) is 0 Å². The van der Waals surface area contributed by atoms with Gasteiger partial charge in [-0.05, 0) is 89.5 Å². The zero-order valence-electron chi connectivity index (χ0n) is 24.9. The fourth-order valence-electron chi connectivity index (χ4n) is 5.10. The lowest BCUT2D eigenvalue weighted by molar-refractivity contribution is 0.482. The van der Waals surface area contributed by atoms with Crippen LogP contribution in [-0.4, -0.2) is 20.4 Å². The predicted octanol–water partition coefficient (Wildman–Crippen LogP) is 9.85. The number of aromatic nitrogens is 4. The third-order valence-corrected chi connectivity index (χ3v) is 7.59. The molecule has 8 rings (SSSR count). The van der Waals surface area contributed by atoms with Crippen LogP contribution >= 0.6 is 0 Å². The molecule has 47 heavy (non-hydrogen) atoms. The lowest BCUT2D eigenvalue weighted by Crippen LogP contribution is -1.85. The highest BCUT2D eigenvalue weighted by molar-refractivity contribution is 5.68. The van der Waals surface area contributed by atoms with E-state index in [1.54, 1.807) is 0 Å². The van der Waals surface area contributed by atoms with Crippen LogP contribution in [-0.2, 0) is 0 Å². The molecule has 0 aliphatic heterocycles. The first-order valence-electron chi connectivity index (χ1n) is 15.0. The standard InChI is InChI=1S/C40H24N4O3/c1-3-7-27(8-4-1)29-11-15-31(16-12-29)37-41-43-39(46-37)33-19-23-35(24-20-33)45-36-25-21-34(22-26-36)40-44-42-38(47-40)32-17-13-30(14-18-32)28-9-5-2-6-10-28/h1-13,15-17,19-26H. The Hall–Kier alpha value is -6.78. The molecule has 0 radical (unpaired) electrons. The lowest BCUT2D eigenvalue weighted by Gasteiger charge is -2.06. The Morgan fingerprint density at radius 1 is 0.340 bits per heavy atom. The third-order valence-electron chi connectivity index (χ3n) is 7.59. The van der Waals surface area contributed by atoms with E-state index in [4.69, 9.17) is 13.6 Å². The van der Waals surface area contributed by atoms with Crippen molar-refractivity contribution in [3.8, 4) is 79.6 Å². The van der Waals surface area contributed by atoms with Gasteiger partial charge in [0.1, 0.15) is 11.5 Å². The van der Waals surface area contributed by atoms with Crippen LogP contribution in [0.5, 0.6) is 11.5 Å². The normalized spacial score (nSPS) is 10.8. The second-order valence-electron chi connectivity index (χ2n) is 10.7. The van der Waals surface area contributed by atoms with Gasteiger partial charge in [0.25, 0.3) is 5.89 Å². The zero-order valence-corrected chi connectivity index (χ0v) is 24.9. The first kappa shape index (κ1) is 27.7. The summed E-state index contributed by atoms with van der Waals surface area (Å²) < 4.78 is 18.0. The fourth-order valence-corrected chi connectivity index (χ4v) is 5.10. The van der Waals surface area contributed by atoms with E-state index < -0.39 is 0 Å². The van der Waals surface area contributed by atoms with E-state index in [0.29, 0.717) is 40.6 Å². The predicted molar refractivity (Wildman–Crippen MR) is 179 cm³/mol. The number of ether oxygens (including phenoxy) is 1. The van der Waals surface area contributed by atoms with Crippen LogP contribution in [0.4, 0.5) is 0 Å². The highest BCUT2D eigenvalue weighted by Gasteiger charge is 2.13. The van der Waals surface area contributed by atoms with E-state index in [1.807, 2.05) is 121 Å². The molecule has 0 bridgehead atoms. The van der Waals surface area contributed by atoms with Crippen molar-refractivity contribution in [2.24, 2.45) is 0 Å². The van der Waals surface area contributed by atoms with Crippen molar-refractivity contribution < 1.29 is 13.6 Å². The molecule has 0 saturated carbocycles. The molecule has 0 aliphatic carbocycles. The van der Waals surface area contributed by atoms with Gasteiger partial charge in [-0.3, -0.25) is 0 Å². The van der Waals surface area contributed by atoms with Crippen LogP contribution in [0.3, 0.4) is 0 Å². The first-order chi connectivity index (χ1) is 23.2. The molecule has 0 amide bonds. The Labute approximate surface area is 270 Å². The van der Waals surface area contributed by atoms with Crippen LogP contribution in [0.25, 0.3) is 68.1 Å². The largest absolute Gasteiger partial charge is 0.457 e. The summed E-state index contributed by atoms with van der Waals surface area (Å²) in [5, 5.41) is 16.9. The van der Waals surface area contributed by atoms with E-state index in [1.165, 1.54) is 0 Å². The van der Waals surface area contributed by atoms with Gasteiger partial charge in [0.2, 0.25) is 17.7 Å². The summed E-state index contributed by atoms with van der Waals surface area (Å²) in [5.41, 5.74) is 7.41. The average Bonchev–Trinajstić information content (AvgIpc) is 3.85. The molecule has 7 heteroatoms. The van der Waals surface area contributed by atoms with Crippen LogP contribution in [0.2, 0.25) is 0 Å². The molecule has 2 heterocycles. The molecule has 7 nitrogen and oxygen atoms in total. The highest BCUT2D eigenvalue weighted by Crippen LogP contribution is 2.31. The minimum atomic E-state index is 0.380. The van der Waals surface area contributed by atoms with Gasteiger partial charge >= 0.3 is 0 Å². The summed E-state index contributed by atoms with van der Waals surface area (Å²) in [6.45, 7) is 0. The topological polar surface area (TPSA) is 87.1 Å². The van der Waals surface area contributed by atoms with Gasteiger partial charge in [-0.1, -0.05) is 84.9 Å². The Balaban J connectivity index is 0.905. The maximum atomic E-state index is 6.06. The maximum absolute atomic E-state index is 6.06. The summed E-state index contributed by atoms with van der Waals surface area (Å²) in [5.74, 6) is 3.02.